The largest absolute Gasteiger partial charge is 0.383 e. The Labute approximate surface area is 145 Å². The van der Waals surface area contributed by atoms with Gasteiger partial charge in [-0.2, -0.15) is 5.10 Å². The van der Waals surface area contributed by atoms with Gasteiger partial charge in [-0.3, -0.25) is 9.89 Å². The van der Waals surface area contributed by atoms with Crippen LogP contribution < -0.4 is 5.32 Å². The number of aromatic nitrogens is 5. The molecule has 1 aromatic carbocycles. The van der Waals surface area contributed by atoms with Crippen molar-refractivity contribution >= 4 is 5.91 Å². The Morgan fingerprint density at radius 1 is 1.32 bits per heavy atom. The summed E-state index contributed by atoms with van der Waals surface area (Å²) >= 11 is 0. The van der Waals surface area contributed by atoms with Gasteiger partial charge in [0.2, 0.25) is 0 Å². The molecule has 1 atom stereocenters. The number of amides is 1. The summed E-state index contributed by atoms with van der Waals surface area (Å²) in [4.78, 5) is 12.5. The molecule has 0 aliphatic heterocycles. The second-order valence-corrected chi connectivity index (χ2v) is 5.62. The van der Waals surface area contributed by atoms with Crippen LogP contribution in [0.15, 0.2) is 42.9 Å². The first kappa shape index (κ1) is 16.8. The normalized spacial score (nSPS) is 12.1. The Bertz CT molecular complexity index is 810. The molecule has 25 heavy (non-hydrogen) atoms. The second kappa shape index (κ2) is 7.71. The lowest BCUT2D eigenvalue weighted by Gasteiger charge is -2.15. The van der Waals surface area contributed by atoms with Crippen molar-refractivity contribution in [2.24, 2.45) is 0 Å². The third-order valence-corrected chi connectivity index (χ3v) is 3.88. The zero-order valence-electron chi connectivity index (χ0n) is 14.1. The molecule has 0 bridgehead atoms. The first-order chi connectivity index (χ1) is 12.2. The molecule has 0 radical (unpaired) electrons. The van der Waals surface area contributed by atoms with Crippen molar-refractivity contribution < 1.29 is 9.53 Å². The molecule has 0 fully saturated rings. The van der Waals surface area contributed by atoms with Crippen LogP contribution in [0.4, 0.5) is 0 Å². The van der Waals surface area contributed by atoms with Crippen molar-refractivity contribution in [3.8, 4) is 11.3 Å². The van der Waals surface area contributed by atoms with Gasteiger partial charge in [-0.25, -0.2) is 0 Å². The average molecular weight is 340 g/mol. The molecule has 0 aliphatic carbocycles. The molecule has 2 aromatic heterocycles. The van der Waals surface area contributed by atoms with E-state index in [1.807, 2.05) is 29.7 Å². The predicted octanol–water partition coefficient (Wildman–Crippen LogP) is 1.81. The Morgan fingerprint density at radius 2 is 2.12 bits per heavy atom. The first-order valence-electron chi connectivity index (χ1n) is 7.96. The minimum Gasteiger partial charge on any atom is -0.383 e. The van der Waals surface area contributed by atoms with Crippen LogP contribution in [0.3, 0.4) is 0 Å². The van der Waals surface area contributed by atoms with E-state index in [4.69, 9.17) is 4.74 Å². The van der Waals surface area contributed by atoms with Crippen molar-refractivity contribution in [3.05, 3.63) is 54.2 Å². The highest BCUT2D eigenvalue weighted by atomic mass is 16.5. The highest BCUT2D eigenvalue weighted by Gasteiger charge is 2.16. The third kappa shape index (κ3) is 3.92. The highest BCUT2D eigenvalue weighted by molar-refractivity contribution is 5.94. The number of carbonyl (C=O) groups is 1. The van der Waals surface area contributed by atoms with Gasteiger partial charge in [-0.05, 0) is 30.7 Å². The van der Waals surface area contributed by atoms with E-state index < -0.39 is 0 Å². The molecule has 1 amide bonds. The van der Waals surface area contributed by atoms with E-state index in [9.17, 15) is 4.79 Å². The molecule has 0 aliphatic rings. The maximum atomic E-state index is 12.5. The molecule has 0 saturated carbocycles. The Kier molecular flexibility index (Phi) is 5.20. The van der Waals surface area contributed by atoms with Gasteiger partial charge in [0.15, 0.2) is 5.82 Å². The minimum absolute atomic E-state index is 0.162. The first-order valence-corrected chi connectivity index (χ1v) is 7.96. The van der Waals surface area contributed by atoms with Gasteiger partial charge in [-0.1, -0.05) is 12.1 Å². The average Bonchev–Trinajstić information content (AvgIpc) is 3.31. The van der Waals surface area contributed by atoms with Gasteiger partial charge in [0.1, 0.15) is 6.33 Å². The van der Waals surface area contributed by atoms with Crippen LogP contribution in [-0.2, 0) is 11.3 Å². The van der Waals surface area contributed by atoms with Crippen LogP contribution in [0.2, 0.25) is 0 Å². The zero-order chi connectivity index (χ0) is 17.6. The number of aromatic amines is 1. The van der Waals surface area contributed by atoms with Crippen molar-refractivity contribution in [2.75, 3.05) is 13.7 Å². The molecule has 130 valence electrons. The molecule has 3 rings (SSSR count). The van der Waals surface area contributed by atoms with Crippen LogP contribution in [0, 0.1) is 0 Å². The standard InChI is InChI=1S/C17H20N6O2/c1-12(16-22-19-11-23(16)9-10-25-2)20-17(24)14-5-3-13(4-6-14)15-7-8-18-21-15/h3-8,11-12H,9-10H2,1-2H3,(H,18,21)(H,20,24). The smallest absolute Gasteiger partial charge is 0.251 e. The second-order valence-electron chi connectivity index (χ2n) is 5.62. The van der Waals surface area contributed by atoms with Crippen molar-refractivity contribution in [3.63, 3.8) is 0 Å². The number of H-pyrrole nitrogens is 1. The predicted molar refractivity (Wildman–Crippen MR) is 91.8 cm³/mol. The van der Waals surface area contributed by atoms with E-state index in [1.165, 1.54) is 0 Å². The van der Waals surface area contributed by atoms with Crippen molar-refractivity contribution in [1.29, 1.82) is 0 Å². The molecule has 0 spiro atoms. The highest BCUT2D eigenvalue weighted by Crippen LogP contribution is 2.17. The summed E-state index contributed by atoms with van der Waals surface area (Å²) in [5.74, 6) is 0.532. The summed E-state index contributed by atoms with van der Waals surface area (Å²) in [6.07, 6.45) is 3.33. The molecule has 2 N–H and O–H groups in total. The van der Waals surface area contributed by atoms with Crippen molar-refractivity contribution in [2.45, 2.75) is 19.5 Å². The number of ether oxygens (including phenoxy) is 1. The van der Waals surface area contributed by atoms with Crippen molar-refractivity contribution in [1.82, 2.24) is 30.3 Å². The number of nitrogens with one attached hydrogen (secondary N) is 2. The quantitative estimate of drug-likeness (QED) is 0.683. The van der Waals surface area contributed by atoms with Gasteiger partial charge >= 0.3 is 0 Å². The maximum Gasteiger partial charge on any atom is 0.251 e. The molecule has 3 aromatic rings. The SMILES string of the molecule is COCCn1cnnc1C(C)NC(=O)c1ccc(-c2ccn[nH]2)cc1. The Morgan fingerprint density at radius 3 is 2.80 bits per heavy atom. The maximum absolute atomic E-state index is 12.5. The lowest BCUT2D eigenvalue weighted by Crippen LogP contribution is -2.29. The number of hydrogen-bond donors (Lipinski definition) is 2. The minimum atomic E-state index is -0.265. The van der Waals surface area contributed by atoms with Gasteiger partial charge < -0.3 is 14.6 Å². The fourth-order valence-electron chi connectivity index (χ4n) is 2.52. The van der Waals surface area contributed by atoms with Gasteiger partial charge in [0.05, 0.1) is 18.3 Å². The number of rotatable bonds is 7. The van der Waals surface area contributed by atoms with Crippen LogP contribution in [0.1, 0.15) is 29.1 Å². The lowest BCUT2D eigenvalue weighted by atomic mass is 10.1. The molecule has 2 heterocycles. The molecule has 1 unspecified atom stereocenters. The van der Waals surface area contributed by atoms with Crippen LogP contribution in [-0.4, -0.2) is 44.6 Å². The monoisotopic (exact) mass is 340 g/mol. The molecular formula is C17H20N6O2. The number of benzene rings is 1. The fraction of sp³-hybridized carbons (Fsp3) is 0.294. The molecule has 8 heteroatoms. The summed E-state index contributed by atoms with van der Waals surface area (Å²) in [5, 5.41) is 17.8. The Balaban J connectivity index is 1.66. The molecular weight excluding hydrogens is 320 g/mol. The van der Waals surface area contributed by atoms with E-state index in [-0.39, 0.29) is 11.9 Å². The number of methoxy groups -OCH3 is 1. The van der Waals surface area contributed by atoms with E-state index in [2.05, 4.69) is 25.7 Å². The van der Waals surface area contributed by atoms with E-state index >= 15 is 0 Å². The number of carbonyl (C=O) groups excluding carboxylic acids is 1. The topological polar surface area (TPSA) is 97.7 Å². The summed E-state index contributed by atoms with van der Waals surface area (Å²) in [7, 11) is 1.64. The molecule has 8 nitrogen and oxygen atoms in total. The van der Waals surface area contributed by atoms with Crippen LogP contribution >= 0.6 is 0 Å². The summed E-state index contributed by atoms with van der Waals surface area (Å²) in [6, 6.07) is 8.95. The lowest BCUT2D eigenvalue weighted by molar-refractivity contribution is 0.0937. The number of hydrogen-bond acceptors (Lipinski definition) is 5. The summed E-state index contributed by atoms with van der Waals surface area (Å²) in [6.45, 7) is 3.07. The third-order valence-electron chi connectivity index (χ3n) is 3.88. The van der Waals surface area contributed by atoms with Gasteiger partial charge in [-0.15, -0.1) is 10.2 Å². The number of nitrogens with zero attached hydrogens (tertiary/aromatic N) is 4. The van der Waals surface area contributed by atoms with E-state index in [0.29, 0.717) is 24.5 Å². The fourth-order valence-corrected chi connectivity index (χ4v) is 2.52. The van der Waals surface area contributed by atoms with Crippen LogP contribution in [0.25, 0.3) is 11.3 Å². The van der Waals surface area contributed by atoms with E-state index in [0.717, 1.165) is 11.3 Å². The zero-order valence-corrected chi connectivity index (χ0v) is 14.1. The van der Waals surface area contributed by atoms with Crippen LogP contribution in [0.5, 0.6) is 0 Å². The molecule has 0 saturated heterocycles. The van der Waals surface area contributed by atoms with Gasteiger partial charge in [0.25, 0.3) is 5.91 Å². The Hall–Kier alpha value is -3.00. The van der Waals surface area contributed by atoms with E-state index in [1.54, 1.807) is 31.8 Å². The van der Waals surface area contributed by atoms with Gasteiger partial charge in [0, 0.05) is 25.4 Å². The summed E-state index contributed by atoms with van der Waals surface area (Å²) < 4.78 is 6.94. The summed E-state index contributed by atoms with van der Waals surface area (Å²) in [5.41, 5.74) is 2.46.